The van der Waals surface area contributed by atoms with Crippen LogP contribution in [0.5, 0.6) is 11.5 Å². The van der Waals surface area contributed by atoms with Gasteiger partial charge in [-0.2, -0.15) is 16.8 Å². The summed E-state index contributed by atoms with van der Waals surface area (Å²) in [5.41, 5.74) is 13.4. The molecule has 4 aromatic carbocycles. The number of benzene rings is 4. The maximum absolute atomic E-state index is 14.9. The number of sulfonamides is 2. The van der Waals surface area contributed by atoms with Crippen LogP contribution in [0, 0.1) is 41.5 Å². The summed E-state index contributed by atoms with van der Waals surface area (Å²) >= 11 is 0. The van der Waals surface area contributed by atoms with E-state index >= 15 is 0 Å². The molecular formula is C70H80N12O10S2. The lowest BCUT2D eigenvalue weighted by Crippen LogP contribution is -2.50. The SMILES string of the molecule is COc1ccc(-c2cc3c(n2-c2ccc(S(=O)(=O)N(OC(=O)/C=C/C(=O)ON(c4nc(C)cc(C)n4)S(=O)(=O)c4ccc(-n5c(-c6ccc(OC)c(C)c6)cc6c5CCC(N5CCN(C)CC5)C6)cc4)c4nc(C)cc(C)n4)cc2)CCC(N2CCN(C)CC2)C3)cc1C. The van der Waals surface area contributed by atoms with Crippen LogP contribution in [0.15, 0.2) is 131 Å². The van der Waals surface area contributed by atoms with E-state index in [1.54, 1.807) is 78.3 Å². The van der Waals surface area contributed by atoms with Gasteiger partial charge in [-0.15, -0.1) is 0 Å². The average Bonchev–Trinajstić information content (AvgIpc) is 1.53. The number of aromatic nitrogens is 6. The Morgan fingerprint density at radius 3 is 1.16 bits per heavy atom. The van der Waals surface area contributed by atoms with E-state index in [1.807, 2.05) is 38.1 Å². The highest BCUT2D eigenvalue weighted by Gasteiger charge is 2.37. The number of carbonyl (C=O) groups is 2. The second-order valence-electron chi connectivity index (χ2n) is 25.0. The Morgan fingerprint density at radius 1 is 0.479 bits per heavy atom. The molecule has 24 heteroatoms. The van der Waals surface area contributed by atoms with Crippen LogP contribution < -0.4 is 18.4 Å². The summed E-state index contributed by atoms with van der Waals surface area (Å²) < 4.78 is 75.9. The van der Waals surface area contributed by atoms with Crippen molar-refractivity contribution in [3.63, 3.8) is 0 Å². The zero-order chi connectivity index (χ0) is 66.3. The summed E-state index contributed by atoms with van der Waals surface area (Å²) in [7, 11) is -2.03. The quantitative estimate of drug-likeness (QED) is 0.0578. The van der Waals surface area contributed by atoms with Gasteiger partial charge in [-0.05, 0) is 237 Å². The van der Waals surface area contributed by atoms with Gasteiger partial charge in [-0.1, -0.05) is 8.94 Å². The number of aryl methyl sites for hydroxylation is 6. The average molecular weight is 1310 g/mol. The van der Waals surface area contributed by atoms with Crippen LogP contribution in [0.3, 0.4) is 0 Å². The summed E-state index contributed by atoms with van der Waals surface area (Å²) in [4.78, 5) is 65.9. The summed E-state index contributed by atoms with van der Waals surface area (Å²) in [6.07, 6.45) is 6.51. The highest BCUT2D eigenvalue weighted by molar-refractivity contribution is 7.93. The second kappa shape index (κ2) is 26.9. The van der Waals surface area contributed by atoms with Crippen LogP contribution >= 0.6 is 0 Å². The minimum absolute atomic E-state index is 0.258. The molecule has 0 spiro atoms. The molecule has 6 heterocycles. The van der Waals surface area contributed by atoms with E-state index < -0.39 is 43.9 Å². The summed E-state index contributed by atoms with van der Waals surface area (Å²) in [5.74, 6) is -2.17. The molecule has 2 atom stereocenters. The number of likely N-dealkylation sites (N-methyl/N-ethyl adjacent to an activating group) is 2. The second-order valence-corrected chi connectivity index (χ2v) is 28.5. The molecule has 8 aromatic rings. The van der Waals surface area contributed by atoms with E-state index in [-0.39, 0.29) is 9.79 Å². The molecule has 4 aliphatic rings. The van der Waals surface area contributed by atoms with E-state index in [1.165, 1.54) is 35.4 Å². The van der Waals surface area contributed by atoms with Gasteiger partial charge in [0.2, 0.25) is 0 Å². The minimum atomic E-state index is -4.82. The molecular weight excluding hydrogens is 1230 g/mol. The first-order valence-electron chi connectivity index (χ1n) is 31.8. The van der Waals surface area contributed by atoms with Gasteiger partial charge in [-0.3, -0.25) is 9.80 Å². The lowest BCUT2D eigenvalue weighted by atomic mass is 9.91. The Morgan fingerprint density at radius 2 is 0.830 bits per heavy atom. The van der Waals surface area contributed by atoms with Gasteiger partial charge in [0.1, 0.15) is 11.5 Å². The predicted molar refractivity (Wildman–Crippen MR) is 358 cm³/mol. The van der Waals surface area contributed by atoms with E-state index in [0.717, 1.165) is 147 Å². The lowest BCUT2D eigenvalue weighted by molar-refractivity contribution is -0.140. The van der Waals surface area contributed by atoms with Crippen LogP contribution in [0.4, 0.5) is 11.9 Å². The molecule has 4 aromatic heterocycles. The zero-order valence-electron chi connectivity index (χ0n) is 54.9. The van der Waals surface area contributed by atoms with Gasteiger partial charge in [0.25, 0.3) is 31.9 Å². The Bertz CT molecular complexity index is 4120. The molecule has 2 fully saturated rings. The molecule has 2 aliphatic heterocycles. The maximum atomic E-state index is 14.9. The molecule has 12 rings (SSSR count). The number of hydrogen-bond donors (Lipinski definition) is 0. The third kappa shape index (κ3) is 13.5. The number of methoxy groups -OCH3 is 2. The molecule has 22 nitrogen and oxygen atoms in total. The van der Waals surface area contributed by atoms with Crippen molar-refractivity contribution in [2.24, 2.45) is 0 Å². The Balaban J connectivity index is 0.810. The number of carbonyl (C=O) groups excluding carboxylic acids is 2. The number of fused-ring (bicyclic) bond motifs is 2. The number of nitrogens with zero attached hydrogens (tertiary/aromatic N) is 12. The van der Waals surface area contributed by atoms with Crippen LogP contribution in [0.2, 0.25) is 0 Å². The molecule has 0 radical (unpaired) electrons. The smallest absolute Gasteiger partial charge is 0.357 e. The fourth-order valence-corrected chi connectivity index (χ4v) is 15.8. The molecule has 492 valence electrons. The third-order valence-electron chi connectivity index (χ3n) is 18.4. The Labute approximate surface area is 550 Å². The standard InChI is InChI=1S/C70H80N12O10S2/c1-45-37-51(11-25-65(45)89-9)63-43-53-41-57(77-33-29-75(7)30-34-77)17-23-61(53)79(63)55-13-19-59(20-14-55)93(85,86)81(69-71-47(3)39-48(4)72-69)91-67(83)27-28-68(84)92-82(70-73-49(5)40-50(6)74-70)94(87,88)60-21-15-56(16-22-60)80-62-24-18-58(78-35-31-76(8)32-36-78)42-54(62)44-64(80)52-12-26-66(90-10)46(2)38-52/h11-16,19-22,25-28,37-40,43-44,57-58H,17-18,23-24,29-36,41-42H2,1-10H3/b28-27+. The monoisotopic (exact) mass is 1310 g/mol. The maximum Gasteiger partial charge on any atom is 0.357 e. The Kier molecular flexibility index (Phi) is 18.7. The minimum Gasteiger partial charge on any atom is -0.496 e. The fraction of sp³-hybridized carbons (Fsp3) is 0.371. The van der Waals surface area contributed by atoms with Crippen LogP contribution in [0.1, 0.15) is 69.3 Å². The molecule has 2 unspecified atom stereocenters. The van der Waals surface area contributed by atoms with Gasteiger partial charge < -0.3 is 38.1 Å². The molecule has 2 saturated heterocycles. The number of hydrogen-bond acceptors (Lipinski definition) is 18. The van der Waals surface area contributed by atoms with Crippen molar-refractivity contribution in [2.45, 2.75) is 102 Å². The molecule has 0 N–H and O–H groups in total. The van der Waals surface area contributed by atoms with E-state index in [0.29, 0.717) is 67.3 Å². The van der Waals surface area contributed by atoms with Gasteiger partial charge in [0.15, 0.2) is 0 Å². The lowest BCUT2D eigenvalue weighted by Gasteiger charge is -2.39. The summed E-state index contributed by atoms with van der Waals surface area (Å²) in [6, 6.07) is 33.2. The highest BCUT2D eigenvalue weighted by Crippen LogP contribution is 2.40. The normalized spacial score (nSPS) is 17.6. The largest absolute Gasteiger partial charge is 0.496 e. The number of rotatable bonds is 18. The highest BCUT2D eigenvalue weighted by atomic mass is 32.2. The molecule has 0 saturated carbocycles. The molecule has 2 aliphatic carbocycles. The number of piperazine rings is 2. The predicted octanol–water partition coefficient (Wildman–Crippen LogP) is 8.82. The van der Waals surface area contributed by atoms with Crippen molar-refractivity contribution in [3.8, 4) is 45.4 Å². The summed E-state index contributed by atoms with van der Waals surface area (Å²) in [6.45, 7) is 18.7. The van der Waals surface area contributed by atoms with Crippen molar-refractivity contribution in [3.05, 3.63) is 178 Å². The molecule has 94 heavy (non-hydrogen) atoms. The zero-order valence-corrected chi connectivity index (χ0v) is 56.5. The van der Waals surface area contributed by atoms with Gasteiger partial charge in [0.05, 0.1) is 35.4 Å². The van der Waals surface area contributed by atoms with Crippen LogP contribution in [-0.4, -0.2) is 170 Å². The van der Waals surface area contributed by atoms with Gasteiger partial charge in [-0.25, -0.2) is 29.5 Å². The first kappa shape index (κ1) is 65.3. The van der Waals surface area contributed by atoms with Crippen LogP contribution in [-0.2, 0) is 65.0 Å². The van der Waals surface area contributed by atoms with Gasteiger partial charge >= 0.3 is 11.9 Å². The first-order valence-corrected chi connectivity index (χ1v) is 34.6. The van der Waals surface area contributed by atoms with Crippen molar-refractivity contribution in [1.82, 2.24) is 48.7 Å². The van der Waals surface area contributed by atoms with Crippen molar-refractivity contribution in [1.29, 1.82) is 0 Å². The topological polar surface area (TPSA) is 220 Å². The van der Waals surface area contributed by atoms with Crippen molar-refractivity contribution < 1.29 is 45.6 Å². The van der Waals surface area contributed by atoms with E-state index in [4.69, 9.17) is 19.1 Å². The van der Waals surface area contributed by atoms with Crippen molar-refractivity contribution in [2.75, 3.05) is 89.6 Å². The van der Waals surface area contributed by atoms with E-state index in [2.05, 4.69) is 87.0 Å². The first-order chi connectivity index (χ1) is 45.0. The van der Waals surface area contributed by atoms with Crippen molar-refractivity contribution >= 4 is 43.9 Å². The summed E-state index contributed by atoms with van der Waals surface area (Å²) in [5, 5.41) is 0. The van der Waals surface area contributed by atoms with E-state index in [9.17, 15) is 26.4 Å². The van der Waals surface area contributed by atoms with Crippen LogP contribution in [0.25, 0.3) is 33.9 Å². The number of ether oxygens (including phenoxy) is 2. The van der Waals surface area contributed by atoms with Gasteiger partial charge in [0, 0.05) is 122 Å². The third-order valence-corrected chi connectivity index (χ3v) is 21.5. The molecule has 0 amide bonds. The fourth-order valence-electron chi connectivity index (χ4n) is 13.6. The molecule has 0 bridgehead atoms. The Hall–Kier alpha value is -8.78. The number of anilines is 2.